The zero-order valence-corrected chi connectivity index (χ0v) is 5.65. The van der Waals surface area contributed by atoms with E-state index in [9.17, 15) is 0 Å². The van der Waals surface area contributed by atoms with Gasteiger partial charge in [-0.15, -0.1) is 0 Å². The Morgan fingerprint density at radius 1 is 1.88 bits per heavy atom. The van der Waals surface area contributed by atoms with Gasteiger partial charge in [-0.3, -0.25) is 5.14 Å². The summed E-state index contributed by atoms with van der Waals surface area (Å²) in [5.74, 6) is 0.438. The molecule has 3 nitrogen and oxygen atoms in total. The molecule has 8 heavy (non-hydrogen) atoms. The summed E-state index contributed by atoms with van der Waals surface area (Å²) in [6, 6.07) is 0. The average Bonchev–Trinajstić information content (AvgIpc) is 1.68. The molecule has 0 amide bonds. The van der Waals surface area contributed by atoms with Gasteiger partial charge in [-0.2, -0.15) is 0 Å². The summed E-state index contributed by atoms with van der Waals surface area (Å²) in [5, 5.41) is 13.8. The van der Waals surface area contributed by atoms with Crippen LogP contribution in [0.5, 0.6) is 0 Å². The van der Waals surface area contributed by atoms with Crippen molar-refractivity contribution >= 4 is 11.9 Å². The molecule has 0 bridgehead atoms. The minimum absolute atomic E-state index is 0.438. The van der Waals surface area contributed by atoms with Crippen molar-refractivity contribution in [3.63, 3.8) is 0 Å². The summed E-state index contributed by atoms with van der Waals surface area (Å²) in [5.41, 5.74) is 0. The lowest BCUT2D eigenvalue weighted by molar-refractivity contribution is -0.0764. The molecule has 1 unspecified atom stereocenters. The maximum atomic E-state index is 8.73. The van der Waals surface area contributed by atoms with Gasteiger partial charge in [0.05, 0.1) is 5.75 Å². The van der Waals surface area contributed by atoms with E-state index in [1.54, 1.807) is 0 Å². The number of hydrogen-bond acceptors (Lipinski definition) is 4. The Kier molecular flexibility index (Phi) is 5.52. The van der Waals surface area contributed by atoms with Crippen LogP contribution in [0.4, 0.5) is 0 Å². The zero-order valence-electron chi connectivity index (χ0n) is 4.83. The molecule has 1 atom stereocenters. The van der Waals surface area contributed by atoms with E-state index in [0.29, 0.717) is 12.4 Å². The van der Waals surface area contributed by atoms with Crippen LogP contribution in [0.15, 0.2) is 0 Å². The first-order valence-corrected chi connectivity index (χ1v) is 3.47. The second-order valence-corrected chi connectivity index (χ2v) is 1.91. The van der Waals surface area contributed by atoms with Crippen LogP contribution in [-0.4, -0.2) is 23.8 Å². The lowest BCUT2D eigenvalue weighted by Crippen LogP contribution is -2.15. The van der Waals surface area contributed by atoms with Gasteiger partial charge in [-0.25, -0.2) is 0 Å². The number of nitrogens with two attached hydrogens (primary N) is 1. The molecule has 3 N–H and O–H groups in total. The van der Waals surface area contributed by atoms with Crippen LogP contribution in [0.1, 0.15) is 6.92 Å². The fourth-order valence-corrected chi connectivity index (χ4v) is 0.584. The summed E-state index contributed by atoms with van der Waals surface area (Å²) >= 11 is 1.07. The fraction of sp³-hybridized carbons (Fsp3) is 1.00. The SMILES string of the molecule is CCOC(O)CSN. The van der Waals surface area contributed by atoms with Crippen molar-refractivity contribution in [1.82, 2.24) is 0 Å². The Labute approximate surface area is 53.3 Å². The monoisotopic (exact) mass is 137 g/mol. The number of hydrogen-bond donors (Lipinski definition) is 2. The summed E-state index contributed by atoms with van der Waals surface area (Å²) in [6.45, 7) is 2.35. The van der Waals surface area contributed by atoms with Gasteiger partial charge >= 0.3 is 0 Å². The van der Waals surface area contributed by atoms with Gasteiger partial charge < -0.3 is 9.84 Å². The molecule has 0 saturated heterocycles. The topological polar surface area (TPSA) is 55.5 Å². The highest BCUT2D eigenvalue weighted by Gasteiger charge is 1.98. The summed E-state index contributed by atoms with van der Waals surface area (Å²) < 4.78 is 4.74. The largest absolute Gasteiger partial charge is 0.367 e. The van der Waals surface area contributed by atoms with Crippen molar-refractivity contribution in [3.05, 3.63) is 0 Å². The predicted molar refractivity (Wildman–Crippen MR) is 34.3 cm³/mol. The van der Waals surface area contributed by atoms with Crippen LogP contribution in [-0.2, 0) is 4.74 Å². The van der Waals surface area contributed by atoms with E-state index in [4.69, 9.17) is 15.0 Å². The standard InChI is InChI=1S/C4H11NO2S/c1-2-7-4(6)3-8-5/h4,6H,2-3,5H2,1H3. The molecule has 0 saturated carbocycles. The Morgan fingerprint density at radius 3 is 2.88 bits per heavy atom. The van der Waals surface area contributed by atoms with Crippen molar-refractivity contribution in [3.8, 4) is 0 Å². The molecule has 50 valence electrons. The van der Waals surface area contributed by atoms with E-state index in [1.165, 1.54) is 0 Å². The van der Waals surface area contributed by atoms with Crippen LogP contribution in [0.25, 0.3) is 0 Å². The molecular weight excluding hydrogens is 126 g/mol. The highest BCUT2D eigenvalue weighted by atomic mass is 32.2. The highest BCUT2D eigenvalue weighted by Crippen LogP contribution is 1.93. The normalized spacial score (nSPS) is 13.9. The maximum absolute atomic E-state index is 8.73. The summed E-state index contributed by atoms with van der Waals surface area (Å²) in [7, 11) is 0. The van der Waals surface area contributed by atoms with Gasteiger partial charge in [-0.05, 0) is 6.92 Å². The number of aliphatic hydroxyl groups excluding tert-OH is 1. The molecule has 0 rings (SSSR count). The third kappa shape index (κ3) is 4.39. The van der Waals surface area contributed by atoms with E-state index in [2.05, 4.69) is 0 Å². The zero-order chi connectivity index (χ0) is 6.41. The molecule has 0 radical (unpaired) electrons. The predicted octanol–water partition coefficient (Wildman–Crippen LogP) is -0.0518. The van der Waals surface area contributed by atoms with Crippen LogP contribution >= 0.6 is 11.9 Å². The average molecular weight is 137 g/mol. The third-order valence-corrected chi connectivity index (χ3v) is 1.08. The first kappa shape index (κ1) is 8.23. The summed E-state index contributed by atoms with van der Waals surface area (Å²) in [6.07, 6.45) is -0.699. The summed E-state index contributed by atoms with van der Waals surface area (Å²) in [4.78, 5) is 0. The quantitative estimate of drug-likeness (QED) is 0.421. The Morgan fingerprint density at radius 2 is 2.50 bits per heavy atom. The first-order valence-electron chi connectivity index (χ1n) is 2.42. The van der Waals surface area contributed by atoms with Crippen LogP contribution < -0.4 is 5.14 Å². The van der Waals surface area contributed by atoms with Crippen molar-refractivity contribution in [2.24, 2.45) is 5.14 Å². The van der Waals surface area contributed by atoms with Crippen LogP contribution in [0, 0.1) is 0 Å². The van der Waals surface area contributed by atoms with Crippen molar-refractivity contribution in [1.29, 1.82) is 0 Å². The van der Waals surface area contributed by atoms with Gasteiger partial charge in [0.15, 0.2) is 6.29 Å². The van der Waals surface area contributed by atoms with Gasteiger partial charge in [-0.1, -0.05) is 11.9 Å². The van der Waals surface area contributed by atoms with Crippen molar-refractivity contribution < 1.29 is 9.84 Å². The molecule has 4 heteroatoms. The maximum Gasteiger partial charge on any atom is 0.164 e. The molecule has 0 aromatic heterocycles. The Bertz CT molecular complexity index is 47.3. The third-order valence-electron chi connectivity index (χ3n) is 0.598. The van der Waals surface area contributed by atoms with Crippen molar-refractivity contribution in [2.75, 3.05) is 12.4 Å². The molecule has 0 spiro atoms. The molecule has 0 aliphatic heterocycles. The molecule has 0 aromatic rings. The van der Waals surface area contributed by atoms with Crippen molar-refractivity contribution in [2.45, 2.75) is 13.2 Å². The number of ether oxygens (including phenoxy) is 1. The van der Waals surface area contributed by atoms with Gasteiger partial charge in [0.2, 0.25) is 0 Å². The molecule has 0 aliphatic carbocycles. The second kappa shape index (κ2) is 5.37. The molecular formula is C4H11NO2S. The van der Waals surface area contributed by atoms with Crippen LogP contribution in [0.2, 0.25) is 0 Å². The van der Waals surface area contributed by atoms with Gasteiger partial charge in [0.25, 0.3) is 0 Å². The molecule has 0 heterocycles. The minimum atomic E-state index is -0.699. The van der Waals surface area contributed by atoms with E-state index in [0.717, 1.165) is 11.9 Å². The van der Waals surface area contributed by atoms with E-state index < -0.39 is 6.29 Å². The van der Waals surface area contributed by atoms with Gasteiger partial charge in [0.1, 0.15) is 0 Å². The lowest BCUT2D eigenvalue weighted by atomic mass is 10.7. The van der Waals surface area contributed by atoms with Crippen LogP contribution in [0.3, 0.4) is 0 Å². The minimum Gasteiger partial charge on any atom is -0.367 e. The number of rotatable bonds is 4. The first-order chi connectivity index (χ1) is 3.81. The lowest BCUT2D eigenvalue weighted by Gasteiger charge is -2.06. The fourth-order valence-electron chi connectivity index (χ4n) is 0.323. The second-order valence-electron chi connectivity index (χ2n) is 1.24. The smallest absolute Gasteiger partial charge is 0.164 e. The van der Waals surface area contributed by atoms with E-state index in [-0.39, 0.29) is 0 Å². The van der Waals surface area contributed by atoms with Gasteiger partial charge in [0, 0.05) is 6.61 Å². The van der Waals surface area contributed by atoms with E-state index >= 15 is 0 Å². The Hall–Kier alpha value is 0.230. The highest BCUT2D eigenvalue weighted by molar-refractivity contribution is 7.97. The molecule has 0 aromatic carbocycles. The molecule has 0 aliphatic rings. The van der Waals surface area contributed by atoms with E-state index in [1.807, 2.05) is 6.92 Å². The Balaban J connectivity index is 2.92. The molecule has 0 fully saturated rings. The number of aliphatic hydroxyl groups is 1.